The molecule has 0 aliphatic carbocycles. The Kier molecular flexibility index (Phi) is 5.23. The lowest BCUT2D eigenvalue weighted by molar-refractivity contribution is -0.137. The molecule has 3 aromatic rings. The summed E-state index contributed by atoms with van der Waals surface area (Å²) in [6.45, 7) is 2.38. The van der Waals surface area contributed by atoms with E-state index in [-0.39, 0.29) is 0 Å². The van der Waals surface area contributed by atoms with Crippen LogP contribution in [0.5, 0.6) is 0 Å². The van der Waals surface area contributed by atoms with Gasteiger partial charge in [-0.1, -0.05) is 66.7 Å². The monoisotopic (exact) mass is 381 g/mol. The summed E-state index contributed by atoms with van der Waals surface area (Å²) in [6, 6.07) is 20.7. The van der Waals surface area contributed by atoms with Crippen molar-refractivity contribution in [2.75, 3.05) is 19.6 Å². The van der Waals surface area contributed by atoms with Crippen LogP contribution in [-0.4, -0.2) is 24.5 Å². The summed E-state index contributed by atoms with van der Waals surface area (Å²) in [7, 11) is 0. The van der Waals surface area contributed by atoms with Crippen LogP contribution in [0.1, 0.15) is 23.1 Å². The molecule has 0 radical (unpaired) electrons. The molecule has 0 atom stereocenters. The molecular formula is C24H22F3N. The van der Waals surface area contributed by atoms with E-state index in [2.05, 4.69) is 35.2 Å². The second-order valence-electron chi connectivity index (χ2n) is 7.25. The topological polar surface area (TPSA) is 3.24 Å². The number of hydrogen-bond acceptors (Lipinski definition) is 1. The molecule has 0 N–H and O–H groups in total. The highest BCUT2D eigenvalue weighted by atomic mass is 19.4. The van der Waals surface area contributed by atoms with Crippen molar-refractivity contribution in [2.45, 2.75) is 19.0 Å². The van der Waals surface area contributed by atoms with E-state index in [1.807, 2.05) is 18.2 Å². The van der Waals surface area contributed by atoms with E-state index in [9.17, 15) is 13.2 Å². The lowest BCUT2D eigenvalue weighted by Gasteiger charge is -2.27. The van der Waals surface area contributed by atoms with Gasteiger partial charge < -0.3 is 0 Å². The quantitative estimate of drug-likeness (QED) is 0.521. The zero-order valence-electron chi connectivity index (χ0n) is 15.5. The highest BCUT2D eigenvalue weighted by Gasteiger charge is 2.34. The molecular weight excluding hydrogens is 359 g/mol. The number of hydrogen-bond donors (Lipinski definition) is 0. The molecule has 0 saturated heterocycles. The molecule has 28 heavy (non-hydrogen) atoms. The van der Waals surface area contributed by atoms with Gasteiger partial charge in [0.05, 0.1) is 5.56 Å². The van der Waals surface area contributed by atoms with Gasteiger partial charge >= 0.3 is 6.18 Å². The Morgan fingerprint density at radius 3 is 2.36 bits per heavy atom. The first-order chi connectivity index (χ1) is 13.5. The minimum atomic E-state index is -4.31. The van der Waals surface area contributed by atoms with Crippen LogP contribution in [0.2, 0.25) is 0 Å². The van der Waals surface area contributed by atoms with Crippen LogP contribution in [0.15, 0.2) is 72.8 Å². The molecule has 3 aromatic carbocycles. The van der Waals surface area contributed by atoms with E-state index in [0.29, 0.717) is 18.5 Å². The zero-order valence-corrected chi connectivity index (χ0v) is 15.5. The van der Waals surface area contributed by atoms with Crippen molar-refractivity contribution in [3.05, 3.63) is 89.5 Å². The Morgan fingerprint density at radius 2 is 1.61 bits per heavy atom. The van der Waals surface area contributed by atoms with Crippen molar-refractivity contribution in [2.24, 2.45) is 0 Å². The van der Waals surface area contributed by atoms with Crippen molar-refractivity contribution >= 4 is 16.3 Å². The van der Waals surface area contributed by atoms with Crippen LogP contribution in [0.25, 0.3) is 16.3 Å². The van der Waals surface area contributed by atoms with Gasteiger partial charge in [0.15, 0.2) is 0 Å². The van der Waals surface area contributed by atoms with Crippen LogP contribution in [0, 0.1) is 0 Å². The second kappa shape index (κ2) is 7.80. The van der Waals surface area contributed by atoms with E-state index < -0.39 is 11.7 Å². The molecule has 0 fully saturated rings. The third-order valence-electron chi connectivity index (χ3n) is 5.40. The van der Waals surface area contributed by atoms with Gasteiger partial charge in [-0.25, -0.2) is 0 Å². The number of benzene rings is 3. The van der Waals surface area contributed by atoms with Crippen molar-refractivity contribution < 1.29 is 13.2 Å². The molecule has 0 amide bonds. The maximum Gasteiger partial charge on any atom is 0.416 e. The average molecular weight is 381 g/mol. The number of halogens is 3. The summed E-state index contributed by atoms with van der Waals surface area (Å²) in [5.41, 5.74) is 1.88. The molecule has 4 rings (SSSR count). The van der Waals surface area contributed by atoms with Crippen molar-refractivity contribution in [1.82, 2.24) is 4.90 Å². The van der Waals surface area contributed by atoms with Gasteiger partial charge in [0, 0.05) is 19.6 Å². The maximum absolute atomic E-state index is 13.3. The first kappa shape index (κ1) is 18.8. The van der Waals surface area contributed by atoms with Gasteiger partial charge in [-0.3, -0.25) is 4.90 Å². The summed E-state index contributed by atoms with van der Waals surface area (Å²) < 4.78 is 39.8. The maximum atomic E-state index is 13.3. The number of nitrogens with zero attached hydrogens (tertiary/aromatic N) is 1. The van der Waals surface area contributed by atoms with Crippen LogP contribution in [0.3, 0.4) is 0 Å². The fraction of sp³-hybridized carbons (Fsp3) is 0.250. The summed E-state index contributed by atoms with van der Waals surface area (Å²) in [4.78, 5) is 2.30. The number of rotatable bonds is 4. The van der Waals surface area contributed by atoms with Crippen LogP contribution >= 0.6 is 0 Å². The molecule has 144 valence electrons. The normalized spacial score (nSPS) is 15.6. The lowest BCUT2D eigenvalue weighted by Crippen LogP contribution is -2.30. The van der Waals surface area contributed by atoms with Gasteiger partial charge in [-0.15, -0.1) is 0 Å². The minimum Gasteiger partial charge on any atom is -0.299 e. The Balaban J connectivity index is 1.42. The van der Waals surface area contributed by atoms with Gasteiger partial charge in [0.1, 0.15) is 0 Å². The standard InChI is InChI=1S/C24H22F3N/c25-24(26,27)23-8-4-3-7-22(23)20-12-15-28(16-13-20)14-11-18-9-10-19-5-1-2-6-21(19)17-18/h1-10,12,17H,11,13-16H2. The summed E-state index contributed by atoms with van der Waals surface area (Å²) in [6.07, 6.45) is -0.781. The van der Waals surface area contributed by atoms with E-state index in [1.54, 1.807) is 12.1 Å². The number of alkyl halides is 3. The predicted molar refractivity (Wildman–Crippen MR) is 108 cm³/mol. The van der Waals surface area contributed by atoms with Crippen LogP contribution in [0.4, 0.5) is 13.2 Å². The van der Waals surface area contributed by atoms with Crippen LogP contribution < -0.4 is 0 Å². The molecule has 4 heteroatoms. The molecule has 1 nitrogen and oxygen atoms in total. The summed E-state index contributed by atoms with van der Waals surface area (Å²) in [5, 5.41) is 2.48. The lowest BCUT2D eigenvalue weighted by atomic mass is 9.94. The molecule has 0 spiro atoms. The molecule has 1 aliphatic rings. The van der Waals surface area contributed by atoms with Gasteiger partial charge in [-0.2, -0.15) is 13.2 Å². The minimum absolute atomic E-state index is 0.323. The van der Waals surface area contributed by atoms with E-state index >= 15 is 0 Å². The van der Waals surface area contributed by atoms with Crippen molar-refractivity contribution in [3.8, 4) is 0 Å². The third-order valence-corrected chi connectivity index (χ3v) is 5.40. The molecule has 1 aliphatic heterocycles. The first-order valence-corrected chi connectivity index (χ1v) is 9.56. The zero-order chi connectivity index (χ0) is 19.6. The van der Waals surface area contributed by atoms with Crippen LogP contribution in [-0.2, 0) is 12.6 Å². The molecule has 0 bridgehead atoms. The smallest absolute Gasteiger partial charge is 0.299 e. The Morgan fingerprint density at radius 1 is 0.857 bits per heavy atom. The fourth-order valence-corrected chi connectivity index (χ4v) is 3.85. The Labute approximate surface area is 163 Å². The fourth-order valence-electron chi connectivity index (χ4n) is 3.85. The van der Waals surface area contributed by atoms with Gasteiger partial charge in [0.25, 0.3) is 0 Å². The highest BCUT2D eigenvalue weighted by Crippen LogP contribution is 2.36. The number of fused-ring (bicyclic) bond motifs is 1. The average Bonchev–Trinajstić information content (AvgIpc) is 2.72. The van der Waals surface area contributed by atoms with Crippen molar-refractivity contribution in [3.63, 3.8) is 0 Å². The van der Waals surface area contributed by atoms with Gasteiger partial charge in [0.2, 0.25) is 0 Å². The molecule has 0 saturated carbocycles. The molecule has 0 unspecified atom stereocenters. The summed E-state index contributed by atoms with van der Waals surface area (Å²) >= 11 is 0. The Hall–Kier alpha value is -2.59. The summed E-state index contributed by atoms with van der Waals surface area (Å²) in [5.74, 6) is 0. The second-order valence-corrected chi connectivity index (χ2v) is 7.25. The van der Waals surface area contributed by atoms with E-state index in [4.69, 9.17) is 0 Å². The van der Waals surface area contributed by atoms with Crippen molar-refractivity contribution in [1.29, 1.82) is 0 Å². The highest BCUT2D eigenvalue weighted by molar-refractivity contribution is 5.83. The van der Waals surface area contributed by atoms with E-state index in [1.165, 1.54) is 28.5 Å². The molecule has 0 aromatic heterocycles. The SMILES string of the molecule is FC(F)(F)c1ccccc1C1=CCN(CCc2ccc3ccccc3c2)CC1. The largest absolute Gasteiger partial charge is 0.416 e. The van der Waals surface area contributed by atoms with Gasteiger partial charge in [-0.05, 0) is 46.4 Å². The predicted octanol–water partition coefficient (Wildman–Crippen LogP) is 6.19. The first-order valence-electron chi connectivity index (χ1n) is 9.56. The Bertz CT molecular complexity index is 1000. The van der Waals surface area contributed by atoms with E-state index in [0.717, 1.165) is 25.1 Å². The third kappa shape index (κ3) is 4.12. The molecule has 1 heterocycles.